The highest BCUT2D eigenvalue weighted by Gasteiger charge is 2.45. The molecule has 6 nitrogen and oxygen atoms in total. The number of fused-ring (bicyclic) bond motifs is 1. The summed E-state index contributed by atoms with van der Waals surface area (Å²) in [6, 6.07) is 5.05. The molecule has 2 aromatic rings. The summed E-state index contributed by atoms with van der Waals surface area (Å²) in [6.45, 7) is 0. The number of nitrogens with zero attached hydrogens (tertiary/aromatic N) is 1. The number of hydrogen-bond donors (Lipinski definition) is 2. The van der Waals surface area contributed by atoms with Gasteiger partial charge >= 0.3 is 0 Å². The van der Waals surface area contributed by atoms with Crippen LogP contribution in [0.1, 0.15) is 36.0 Å². The summed E-state index contributed by atoms with van der Waals surface area (Å²) in [4.78, 5) is 29.3. The lowest BCUT2D eigenvalue weighted by Gasteiger charge is -2.36. The maximum Gasteiger partial charge on any atom is 0.266 e. The number of H-pyrrole nitrogens is 1. The fourth-order valence-electron chi connectivity index (χ4n) is 3.17. The van der Waals surface area contributed by atoms with Gasteiger partial charge in [-0.05, 0) is 43.3 Å². The summed E-state index contributed by atoms with van der Waals surface area (Å²) in [6.07, 6.45) is 3.01. The normalized spacial score (nSPS) is 16.8. The molecule has 1 saturated carbocycles. The van der Waals surface area contributed by atoms with Crippen LogP contribution in [-0.4, -0.2) is 34.3 Å². The first-order chi connectivity index (χ1) is 10.4. The van der Waals surface area contributed by atoms with Crippen molar-refractivity contribution in [2.45, 2.75) is 31.2 Å². The summed E-state index contributed by atoms with van der Waals surface area (Å²) >= 11 is 4.93. The SMILES string of the molecule is CN(C(=O)c1ccc2[nH]c(=S)oc2c1)C1(C(N)=O)CCCC1. The summed E-state index contributed by atoms with van der Waals surface area (Å²) < 4.78 is 5.33. The van der Waals surface area contributed by atoms with Gasteiger partial charge in [0.1, 0.15) is 5.54 Å². The Hall–Kier alpha value is -2.15. The largest absolute Gasteiger partial charge is 0.429 e. The summed E-state index contributed by atoms with van der Waals surface area (Å²) in [5, 5.41) is 0. The van der Waals surface area contributed by atoms with Crippen molar-refractivity contribution in [3.63, 3.8) is 0 Å². The molecule has 1 fully saturated rings. The van der Waals surface area contributed by atoms with E-state index in [1.807, 2.05) is 0 Å². The topological polar surface area (TPSA) is 92.3 Å². The molecule has 3 rings (SSSR count). The number of nitrogens with one attached hydrogen (secondary N) is 1. The summed E-state index contributed by atoms with van der Waals surface area (Å²) in [5.41, 5.74) is 6.38. The molecule has 0 saturated heterocycles. The van der Waals surface area contributed by atoms with Crippen LogP contribution >= 0.6 is 12.2 Å². The molecule has 0 aliphatic heterocycles. The maximum atomic E-state index is 12.7. The van der Waals surface area contributed by atoms with Crippen LogP contribution in [0.2, 0.25) is 0 Å². The lowest BCUT2D eigenvalue weighted by Crippen LogP contribution is -2.56. The van der Waals surface area contributed by atoms with E-state index in [1.54, 1.807) is 25.2 Å². The third kappa shape index (κ3) is 2.21. The van der Waals surface area contributed by atoms with Crippen LogP contribution in [0.5, 0.6) is 0 Å². The Bertz CT molecular complexity index is 802. The number of aromatic nitrogens is 1. The molecule has 0 spiro atoms. The molecule has 116 valence electrons. The molecule has 1 heterocycles. The van der Waals surface area contributed by atoms with Gasteiger partial charge in [0.25, 0.3) is 10.7 Å². The fraction of sp³-hybridized carbons (Fsp3) is 0.400. The van der Waals surface area contributed by atoms with Crippen molar-refractivity contribution in [3.05, 3.63) is 28.6 Å². The first-order valence-electron chi connectivity index (χ1n) is 7.15. The Morgan fingerprint density at radius 3 is 2.68 bits per heavy atom. The molecule has 1 aliphatic rings. The van der Waals surface area contributed by atoms with Gasteiger partial charge in [-0.1, -0.05) is 12.8 Å². The van der Waals surface area contributed by atoms with Crippen molar-refractivity contribution in [1.82, 2.24) is 9.88 Å². The van der Waals surface area contributed by atoms with Crippen molar-refractivity contribution >= 4 is 35.1 Å². The monoisotopic (exact) mass is 319 g/mol. The van der Waals surface area contributed by atoms with E-state index in [4.69, 9.17) is 22.4 Å². The molecular weight excluding hydrogens is 302 g/mol. The van der Waals surface area contributed by atoms with Gasteiger partial charge in [0.15, 0.2) is 5.58 Å². The van der Waals surface area contributed by atoms with E-state index >= 15 is 0 Å². The van der Waals surface area contributed by atoms with Gasteiger partial charge < -0.3 is 20.0 Å². The number of carbonyl (C=O) groups excluding carboxylic acids is 2. The second-order valence-corrected chi connectivity index (χ2v) is 6.06. The number of aromatic amines is 1. The molecule has 1 aromatic heterocycles. The van der Waals surface area contributed by atoms with Crippen molar-refractivity contribution in [3.8, 4) is 0 Å². The Labute approximate surface area is 132 Å². The molecule has 2 amide bonds. The molecule has 0 bridgehead atoms. The number of nitrogens with two attached hydrogens (primary N) is 1. The van der Waals surface area contributed by atoms with Gasteiger partial charge in [0.2, 0.25) is 5.91 Å². The van der Waals surface area contributed by atoms with Crippen molar-refractivity contribution in [1.29, 1.82) is 0 Å². The average Bonchev–Trinajstić information content (AvgIpc) is 3.10. The number of primary amides is 1. The van der Waals surface area contributed by atoms with Crippen LogP contribution in [0, 0.1) is 4.84 Å². The van der Waals surface area contributed by atoms with Crippen LogP contribution in [-0.2, 0) is 4.79 Å². The Balaban J connectivity index is 1.97. The second kappa shape index (κ2) is 5.24. The Morgan fingerprint density at radius 2 is 2.05 bits per heavy atom. The third-order valence-electron chi connectivity index (χ3n) is 4.50. The summed E-state index contributed by atoms with van der Waals surface area (Å²) in [7, 11) is 1.63. The number of likely N-dealkylation sites (N-methyl/N-ethyl adjacent to an activating group) is 1. The fourth-order valence-corrected chi connectivity index (χ4v) is 3.37. The Morgan fingerprint density at radius 1 is 1.36 bits per heavy atom. The molecule has 3 N–H and O–H groups in total. The van der Waals surface area contributed by atoms with E-state index in [-0.39, 0.29) is 10.7 Å². The predicted octanol–water partition coefficient (Wildman–Crippen LogP) is 2.36. The van der Waals surface area contributed by atoms with Crippen LogP contribution in [0.3, 0.4) is 0 Å². The number of rotatable bonds is 3. The van der Waals surface area contributed by atoms with Crippen LogP contribution in [0.4, 0.5) is 0 Å². The average molecular weight is 319 g/mol. The standard InChI is InChI=1S/C15H17N3O3S/c1-18(15(13(16)20)6-2-3-7-15)12(19)9-4-5-10-11(8-9)21-14(22)17-10/h4-5,8H,2-3,6-7H2,1H3,(H2,16,20)(H,17,22). The van der Waals surface area contributed by atoms with E-state index in [1.165, 1.54) is 4.90 Å². The molecule has 0 radical (unpaired) electrons. The van der Waals surface area contributed by atoms with E-state index in [0.29, 0.717) is 24.0 Å². The van der Waals surface area contributed by atoms with Gasteiger partial charge in [0, 0.05) is 12.6 Å². The minimum absolute atomic E-state index is 0.245. The highest BCUT2D eigenvalue weighted by atomic mass is 32.1. The molecule has 7 heteroatoms. The lowest BCUT2D eigenvalue weighted by molar-refractivity contribution is -0.127. The molecule has 0 atom stereocenters. The molecule has 1 aromatic carbocycles. The van der Waals surface area contributed by atoms with Crippen molar-refractivity contribution in [2.75, 3.05) is 7.05 Å². The molecule has 22 heavy (non-hydrogen) atoms. The zero-order chi connectivity index (χ0) is 15.9. The molecular formula is C15H17N3O3S. The van der Waals surface area contributed by atoms with Crippen molar-refractivity contribution < 1.29 is 14.0 Å². The molecule has 0 unspecified atom stereocenters. The van der Waals surface area contributed by atoms with Gasteiger partial charge in [-0.2, -0.15) is 0 Å². The first-order valence-corrected chi connectivity index (χ1v) is 7.56. The number of amides is 2. The van der Waals surface area contributed by atoms with Crippen LogP contribution in [0.15, 0.2) is 22.6 Å². The number of carbonyl (C=O) groups is 2. The van der Waals surface area contributed by atoms with Gasteiger partial charge in [0.05, 0.1) is 5.52 Å². The van der Waals surface area contributed by atoms with Gasteiger partial charge in [-0.3, -0.25) is 9.59 Å². The Kier molecular flexibility index (Phi) is 3.52. The number of hydrogen-bond acceptors (Lipinski definition) is 4. The highest BCUT2D eigenvalue weighted by molar-refractivity contribution is 7.71. The zero-order valence-electron chi connectivity index (χ0n) is 12.2. The highest BCUT2D eigenvalue weighted by Crippen LogP contribution is 2.35. The molecule has 1 aliphatic carbocycles. The van der Waals surface area contributed by atoms with E-state index < -0.39 is 11.4 Å². The maximum absolute atomic E-state index is 12.7. The van der Waals surface area contributed by atoms with Crippen molar-refractivity contribution in [2.24, 2.45) is 5.73 Å². The predicted molar refractivity (Wildman–Crippen MR) is 83.9 cm³/mol. The van der Waals surface area contributed by atoms with E-state index in [9.17, 15) is 9.59 Å². The lowest BCUT2D eigenvalue weighted by atomic mass is 9.94. The third-order valence-corrected chi connectivity index (χ3v) is 4.69. The summed E-state index contributed by atoms with van der Waals surface area (Å²) in [5.74, 6) is -0.689. The quantitative estimate of drug-likeness (QED) is 0.849. The van der Waals surface area contributed by atoms with Gasteiger partial charge in [-0.25, -0.2) is 0 Å². The first kappa shape index (κ1) is 14.8. The minimum Gasteiger partial charge on any atom is -0.429 e. The smallest absolute Gasteiger partial charge is 0.266 e. The minimum atomic E-state index is -0.884. The van der Waals surface area contributed by atoms with E-state index in [0.717, 1.165) is 18.4 Å². The van der Waals surface area contributed by atoms with Crippen LogP contribution < -0.4 is 5.73 Å². The van der Waals surface area contributed by atoms with Gasteiger partial charge in [-0.15, -0.1) is 0 Å². The number of oxazole rings is 1. The number of benzene rings is 1. The van der Waals surface area contributed by atoms with E-state index in [2.05, 4.69) is 4.98 Å². The zero-order valence-corrected chi connectivity index (χ0v) is 13.0. The second-order valence-electron chi connectivity index (χ2n) is 5.69. The van der Waals surface area contributed by atoms with Crippen LogP contribution in [0.25, 0.3) is 11.1 Å².